The number of hydrogen-bond acceptors (Lipinski definition) is 4. The van der Waals surface area contributed by atoms with Crippen LogP contribution in [0.25, 0.3) is 5.69 Å². The predicted molar refractivity (Wildman–Crippen MR) is 111 cm³/mol. The monoisotopic (exact) mass is 379 g/mol. The number of imidazole rings is 1. The molecule has 1 heterocycles. The highest BCUT2D eigenvalue weighted by Crippen LogP contribution is 2.29. The Labute approximate surface area is 164 Å². The molecule has 0 spiro atoms. The minimum atomic E-state index is 0.301. The van der Waals surface area contributed by atoms with Crippen molar-refractivity contribution in [3.05, 3.63) is 66.7 Å². The molecule has 0 saturated carbocycles. The smallest absolute Gasteiger partial charge is 0.193 e. The van der Waals surface area contributed by atoms with Gasteiger partial charge in [-0.1, -0.05) is 18.2 Å². The summed E-state index contributed by atoms with van der Waals surface area (Å²) in [5.74, 6) is 1.74. The van der Waals surface area contributed by atoms with Crippen LogP contribution in [0, 0.1) is 0 Å². The predicted octanol–water partition coefficient (Wildman–Crippen LogP) is 3.60. The summed E-state index contributed by atoms with van der Waals surface area (Å²) in [5, 5.41) is 3.12. The van der Waals surface area contributed by atoms with Gasteiger partial charge in [0.25, 0.3) is 0 Å². The molecule has 3 aromatic rings. The normalized spacial score (nSPS) is 11.3. The molecule has 146 valence electrons. The summed E-state index contributed by atoms with van der Waals surface area (Å²) in [6.45, 7) is 5.45. The lowest BCUT2D eigenvalue weighted by Gasteiger charge is -2.14. The lowest BCUT2D eigenvalue weighted by atomic mass is 10.2. The average Bonchev–Trinajstić information content (AvgIpc) is 3.24. The molecule has 0 aliphatic carbocycles. The van der Waals surface area contributed by atoms with Crippen molar-refractivity contribution in [2.45, 2.75) is 20.4 Å². The van der Waals surface area contributed by atoms with E-state index in [1.807, 2.05) is 67.1 Å². The van der Waals surface area contributed by atoms with Crippen LogP contribution in [-0.2, 0) is 6.54 Å². The molecular formula is C21H25N5O2. The van der Waals surface area contributed by atoms with E-state index >= 15 is 0 Å². The summed E-state index contributed by atoms with van der Waals surface area (Å²) in [6.07, 6.45) is 5.41. The molecule has 0 bridgehead atoms. The van der Waals surface area contributed by atoms with Crippen LogP contribution in [0.3, 0.4) is 0 Å². The van der Waals surface area contributed by atoms with Crippen molar-refractivity contribution < 1.29 is 9.47 Å². The number of ether oxygens (including phenoxy) is 2. The maximum Gasteiger partial charge on any atom is 0.193 e. The number of hydrogen-bond donors (Lipinski definition) is 2. The Morgan fingerprint density at radius 1 is 1.14 bits per heavy atom. The van der Waals surface area contributed by atoms with Crippen LogP contribution in [0.15, 0.2) is 66.2 Å². The molecule has 3 rings (SSSR count). The number of anilines is 1. The van der Waals surface area contributed by atoms with E-state index in [9.17, 15) is 0 Å². The summed E-state index contributed by atoms with van der Waals surface area (Å²) in [6, 6.07) is 13.6. The van der Waals surface area contributed by atoms with Gasteiger partial charge in [0, 0.05) is 18.5 Å². The van der Waals surface area contributed by atoms with Crippen LogP contribution in [0.2, 0.25) is 0 Å². The SMILES string of the molecule is CCOc1ccc(OCC)c(NC(N)=NCc2ccccc2-n2ccnc2)c1. The largest absolute Gasteiger partial charge is 0.494 e. The third-order valence-corrected chi connectivity index (χ3v) is 4.02. The van der Waals surface area contributed by atoms with Crippen molar-refractivity contribution in [2.24, 2.45) is 10.7 Å². The maximum absolute atomic E-state index is 6.13. The van der Waals surface area contributed by atoms with Crippen molar-refractivity contribution in [1.82, 2.24) is 9.55 Å². The van der Waals surface area contributed by atoms with E-state index in [1.54, 1.807) is 12.5 Å². The van der Waals surface area contributed by atoms with Crippen LogP contribution in [0.1, 0.15) is 19.4 Å². The van der Waals surface area contributed by atoms with Crippen molar-refractivity contribution in [3.63, 3.8) is 0 Å². The van der Waals surface area contributed by atoms with Gasteiger partial charge in [0.2, 0.25) is 0 Å². The van der Waals surface area contributed by atoms with Gasteiger partial charge in [0.1, 0.15) is 11.5 Å². The first-order valence-electron chi connectivity index (χ1n) is 9.24. The van der Waals surface area contributed by atoms with Crippen LogP contribution in [0.5, 0.6) is 11.5 Å². The number of guanidine groups is 1. The van der Waals surface area contributed by atoms with Gasteiger partial charge >= 0.3 is 0 Å². The number of rotatable bonds is 8. The van der Waals surface area contributed by atoms with Crippen molar-refractivity contribution in [1.29, 1.82) is 0 Å². The fourth-order valence-electron chi connectivity index (χ4n) is 2.79. The number of para-hydroxylation sites is 1. The summed E-state index contributed by atoms with van der Waals surface area (Å²) in [4.78, 5) is 8.60. The van der Waals surface area contributed by atoms with Gasteiger partial charge in [-0.15, -0.1) is 0 Å². The van der Waals surface area contributed by atoms with Crippen molar-refractivity contribution in [2.75, 3.05) is 18.5 Å². The van der Waals surface area contributed by atoms with Gasteiger partial charge < -0.3 is 25.1 Å². The third kappa shape index (κ3) is 4.82. The molecule has 0 radical (unpaired) electrons. The molecular weight excluding hydrogens is 354 g/mol. The second-order valence-corrected chi connectivity index (χ2v) is 5.95. The Morgan fingerprint density at radius 3 is 2.71 bits per heavy atom. The van der Waals surface area contributed by atoms with Crippen LogP contribution < -0.4 is 20.5 Å². The zero-order valence-electron chi connectivity index (χ0n) is 16.1. The Kier molecular flexibility index (Phi) is 6.51. The molecule has 0 aliphatic heterocycles. The third-order valence-electron chi connectivity index (χ3n) is 4.02. The van der Waals surface area contributed by atoms with Gasteiger partial charge in [-0.2, -0.15) is 0 Å². The quantitative estimate of drug-likeness (QED) is 0.461. The number of aromatic nitrogens is 2. The number of nitrogens with zero attached hydrogens (tertiary/aromatic N) is 3. The van der Waals surface area contributed by atoms with E-state index < -0.39 is 0 Å². The summed E-state index contributed by atoms with van der Waals surface area (Å²) < 4.78 is 13.2. The maximum atomic E-state index is 6.13. The van der Waals surface area contributed by atoms with Crippen LogP contribution in [-0.4, -0.2) is 28.7 Å². The molecule has 0 fully saturated rings. The van der Waals surface area contributed by atoms with E-state index in [1.165, 1.54) is 0 Å². The summed E-state index contributed by atoms with van der Waals surface area (Å²) in [5.41, 5.74) is 8.91. The van der Waals surface area contributed by atoms with Crippen LogP contribution >= 0.6 is 0 Å². The summed E-state index contributed by atoms with van der Waals surface area (Å²) >= 11 is 0. The topological polar surface area (TPSA) is 86.7 Å². The first-order valence-corrected chi connectivity index (χ1v) is 9.24. The van der Waals surface area contributed by atoms with Crippen molar-refractivity contribution in [3.8, 4) is 17.2 Å². The standard InChI is InChI=1S/C21H25N5O2/c1-3-27-17-9-10-20(28-4-2)18(13-17)25-21(22)24-14-16-7-5-6-8-19(16)26-12-11-23-15-26/h5-13,15H,3-4,14H2,1-2H3,(H3,22,24,25). The highest BCUT2D eigenvalue weighted by atomic mass is 16.5. The molecule has 3 N–H and O–H groups in total. The van der Waals surface area contributed by atoms with Crippen molar-refractivity contribution >= 4 is 11.6 Å². The molecule has 2 aromatic carbocycles. The van der Waals surface area contributed by atoms with Gasteiger partial charge in [-0.05, 0) is 37.6 Å². The Hall–Kier alpha value is -3.48. The average molecular weight is 379 g/mol. The molecule has 28 heavy (non-hydrogen) atoms. The molecule has 0 unspecified atom stereocenters. The van der Waals surface area contributed by atoms with E-state index in [0.717, 1.165) is 22.7 Å². The fourth-order valence-corrected chi connectivity index (χ4v) is 2.79. The Bertz CT molecular complexity index is 922. The van der Waals surface area contributed by atoms with Gasteiger partial charge in [-0.25, -0.2) is 9.98 Å². The molecule has 0 amide bonds. The van der Waals surface area contributed by atoms with Gasteiger partial charge in [0.15, 0.2) is 5.96 Å². The highest BCUT2D eigenvalue weighted by Gasteiger charge is 2.08. The highest BCUT2D eigenvalue weighted by molar-refractivity contribution is 5.94. The molecule has 0 aliphatic rings. The second-order valence-electron chi connectivity index (χ2n) is 5.95. The lowest BCUT2D eigenvalue weighted by molar-refractivity contribution is 0.332. The van der Waals surface area contributed by atoms with Crippen LogP contribution in [0.4, 0.5) is 5.69 Å². The Balaban J connectivity index is 1.78. The Morgan fingerprint density at radius 2 is 1.96 bits per heavy atom. The zero-order valence-corrected chi connectivity index (χ0v) is 16.1. The number of nitrogens with one attached hydrogen (secondary N) is 1. The lowest BCUT2D eigenvalue weighted by Crippen LogP contribution is -2.23. The fraction of sp³-hybridized carbons (Fsp3) is 0.238. The first-order chi connectivity index (χ1) is 13.7. The molecule has 0 atom stereocenters. The second kappa shape index (κ2) is 9.45. The number of nitrogens with two attached hydrogens (primary N) is 1. The zero-order chi connectivity index (χ0) is 19.8. The molecule has 7 heteroatoms. The van der Waals surface area contributed by atoms with E-state index in [2.05, 4.69) is 15.3 Å². The van der Waals surface area contributed by atoms with Gasteiger partial charge in [-0.3, -0.25) is 0 Å². The van der Waals surface area contributed by atoms with E-state index in [4.69, 9.17) is 15.2 Å². The molecule has 1 aromatic heterocycles. The van der Waals surface area contributed by atoms with E-state index in [-0.39, 0.29) is 0 Å². The number of benzene rings is 2. The molecule has 0 saturated heterocycles. The molecule has 7 nitrogen and oxygen atoms in total. The van der Waals surface area contributed by atoms with Gasteiger partial charge in [0.05, 0.1) is 37.5 Å². The minimum Gasteiger partial charge on any atom is -0.494 e. The summed E-state index contributed by atoms with van der Waals surface area (Å²) in [7, 11) is 0. The minimum absolute atomic E-state index is 0.301. The first kappa shape index (κ1) is 19.3. The van der Waals surface area contributed by atoms with E-state index in [0.29, 0.717) is 31.5 Å². The number of aliphatic imine (C=N–C) groups is 1.